The van der Waals surface area contributed by atoms with Gasteiger partial charge in [0.15, 0.2) is 0 Å². The van der Waals surface area contributed by atoms with Crippen molar-refractivity contribution in [3.63, 3.8) is 0 Å². The molecule has 0 radical (unpaired) electrons. The zero-order valence-electron chi connectivity index (χ0n) is 13.5. The minimum absolute atomic E-state index is 0.114. The molecule has 1 fully saturated rings. The topological polar surface area (TPSA) is 53.0 Å². The highest BCUT2D eigenvalue weighted by Gasteiger charge is 2.46. The number of piperazine rings is 1. The molecule has 1 saturated heterocycles. The highest BCUT2D eigenvalue weighted by Crippen LogP contribution is 2.42. The molecule has 1 aromatic carbocycles. The van der Waals surface area contributed by atoms with Gasteiger partial charge in [-0.05, 0) is 19.9 Å². The number of amides is 1. The number of fused-ring (bicyclic) bond motifs is 1. The maximum Gasteiger partial charge on any atom is 0.219 e. The lowest BCUT2D eigenvalue weighted by molar-refractivity contribution is -0.134. The van der Waals surface area contributed by atoms with E-state index >= 15 is 0 Å². The Morgan fingerprint density at radius 3 is 2.50 bits per heavy atom. The van der Waals surface area contributed by atoms with Crippen LogP contribution in [0, 0.1) is 0 Å². The van der Waals surface area contributed by atoms with Gasteiger partial charge in [-0.3, -0.25) is 9.69 Å². The number of hydrogen-bond acceptors (Lipinski definition) is 4. The highest BCUT2D eigenvalue weighted by molar-refractivity contribution is 5.73. The summed E-state index contributed by atoms with van der Waals surface area (Å²) in [4.78, 5) is 15.6. The van der Waals surface area contributed by atoms with Gasteiger partial charge in [-0.1, -0.05) is 18.2 Å². The summed E-state index contributed by atoms with van der Waals surface area (Å²) >= 11 is 0. The van der Waals surface area contributed by atoms with Gasteiger partial charge in [-0.2, -0.15) is 0 Å². The lowest BCUT2D eigenvalue weighted by atomic mass is 9.84. The Hall–Kier alpha value is -1.59. The van der Waals surface area contributed by atoms with Gasteiger partial charge in [0.25, 0.3) is 0 Å². The molecule has 2 heterocycles. The van der Waals surface area contributed by atoms with Crippen molar-refractivity contribution in [2.75, 3.05) is 26.2 Å². The van der Waals surface area contributed by atoms with Crippen molar-refractivity contribution in [2.24, 2.45) is 0 Å². The predicted molar refractivity (Wildman–Crippen MR) is 83.7 cm³/mol. The van der Waals surface area contributed by atoms with Gasteiger partial charge in [-0.25, -0.2) is 0 Å². The Kier molecular flexibility index (Phi) is 3.87. The van der Waals surface area contributed by atoms with Crippen LogP contribution in [0.4, 0.5) is 0 Å². The van der Waals surface area contributed by atoms with E-state index in [-0.39, 0.29) is 11.9 Å². The molecule has 0 spiro atoms. The summed E-state index contributed by atoms with van der Waals surface area (Å²) in [5.74, 6) is 0.878. The molecule has 120 valence electrons. The van der Waals surface area contributed by atoms with Gasteiger partial charge >= 0.3 is 0 Å². The summed E-state index contributed by atoms with van der Waals surface area (Å²) < 4.78 is 6.15. The first-order valence-corrected chi connectivity index (χ1v) is 7.86. The first kappa shape index (κ1) is 15.3. The van der Waals surface area contributed by atoms with Crippen molar-refractivity contribution in [2.45, 2.75) is 38.5 Å². The maximum atomic E-state index is 11.5. The third-order valence-corrected chi connectivity index (χ3v) is 4.77. The SMILES string of the molecule is CC(=O)N1CCN(C2C(O)c3ccccc3OC2(C)C)CC1. The number of hydrogen-bond donors (Lipinski definition) is 1. The van der Waals surface area contributed by atoms with Crippen LogP contribution >= 0.6 is 0 Å². The zero-order chi connectivity index (χ0) is 15.9. The maximum absolute atomic E-state index is 11.5. The summed E-state index contributed by atoms with van der Waals surface area (Å²) in [6, 6.07) is 7.57. The molecular weight excluding hydrogens is 280 g/mol. The minimum Gasteiger partial charge on any atom is -0.486 e. The number of para-hydroxylation sites is 1. The molecule has 1 aromatic rings. The number of carbonyl (C=O) groups excluding carboxylic acids is 1. The quantitative estimate of drug-likeness (QED) is 0.852. The minimum atomic E-state index is -0.580. The van der Waals surface area contributed by atoms with E-state index in [1.807, 2.05) is 43.0 Å². The number of aliphatic hydroxyl groups is 1. The average molecular weight is 304 g/mol. The van der Waals surface area contributed by atoms with E-state index in [2.05, 4.69) is 4.90 Å². The van der Waals surface area contributed by atoms with E-state index in [9.17, 15) is 9.90 Å². The molecule has 2 aliphatic heterocycles. The zero-order valence-corrected chi connectivity index (χ0v) is 13.5. The van der Waals surface area contributed by atoms with Crippen LogP contribution in [-0.4, -0.2) is 58.6 Å². The summed E-state index contributed by atoms with van der Waals surface area (Å²) in [6.45, 7) is 8.58. The summed E-state index contributed by atoms with van der Waals surface area (Å²) in [5, 5.41) is 10.9. The van der Waals surface area contributed by atoms with Crippen molar-refractivity contribution in [1.82, 2.24) is 9.80 Å². The molecule has 0 saturated carbocycles. The van der Waals surface area contributed by atoms with Crippen molar-refractivity contribution < 1.29 is 14.6 Å². The van der Waals surface area contributed by atoms with Gasteiger partial charge in [0, 0.05) is 38.7 Å². The molecule has 0 aliphatic carbocycles. The molecule has 0 aromatic heterocycles. The van der Waals surface area contributed by atoms with Crippen LogP contribution in [0.1, 0.15) is 32.4 Å². The fourth-order valence-electron chi connectivity index (χ4n) is 3.67. The van der Waals surface area contributed by atoms with Gasteiger partial charge in [0.2, 0.25) is 5.91 Å². The molecule has 5 heteroatoms. The Labute approximate surface area is 131 Å². The van der Waals surface area contributed by atoms with Crippen LogP contribution in [0.15, 0.2) is 24.3 Å². The van der Waals surface area contributed by atoms with Crippen LogP contribution in [0.25, 0.3) is 0 Å². The number of carbonyl (C=O) groups is 1. The number of ether oxygens (including phenoxy) is 1. The van der Waals surface area contributed by atoms with Crippen molar-refractivity contribution in [3.8, 4) is 5.75 Å². The predicted octanol–water partition coefficient (Wildman–Crippen LogP) is 1.42. The number of benzene rings is 1. The Morgan fingerprint density at radius 1 is 1.23 bits per heavy atom. The molecule has 1 amide bonds. The van der Waals surface area contributed by atoms with Gasteiger partial charge < -0.3 is 14.7 Å². The van der Waals surface area contributed by atoms with Crippen LogP contribution in [0.5, 0.6) is 5.75 Å². The number of aliphatic hydroxyl groups excluding tert-OH is 1. The number of nitrogens with zero attached hydrogens (tertiary/aromatic N) is 2. The molecule has 1 N–H and O–H groups in total. The Balaban J connectivity index is 1.83. The van der Waals surface area contributed by atoms with E-state index in [1.165, 1.54) is 0 Å². The summed E-state index contributed by atoms with van der Waals surface area (Å²) in [7, 11) is 0. The molecule has 2 aliphatic rings. The third kappa shape index (κ3) is 2.59. The van der Waals surface area contributed by atoms with E-state index in [0.717, 1.165) is 24.4 Å². The molecule has 5 nitrogen and oxygen atoms in total. The van der Waals surface area contributed by atoms with Crippen LogP contribution < -0.4 is 4.74 Å². The first-order valence-electron chi connectivity index (χ1n) is 7.86. The van der Waals surface area contributed by atoms with Crippen LogP contribution in [0.2, 0.25) is 0 Å². The van der Waals surface area contributed by atoms with Crippen molar-refractivity contribution >= 4 is 5.91 Å². The van der Waals surface area contributed by atoms with Gasteiger partial charge in [0.05, 0.1) is 6.04 Å². The third-order valence-electron chi connectivity index (χ3n) is 4.77. The molecule has 0 bridgehead atoms. The average Bonchev–Trinajstić information content (AvgIpc) is 2.47. The summed E-state index contributed by atoms with van der Waals surface area (Å²) in [6.07, 6.45) is -0.580. The molecule has 3 rings (SSSR count). The molecule has 2 atom stereocenters. The monoisotopic (exact) mass is 304 g/mol. The molecule has 2 unspecified atom stereocenters. The molecule has 22 heavy (non-hydrogen) atoms. The lowest BCUT2D eigenvalue weighted by Gasteiger charge is -2.50. The molecular formula is C17H24N2O3. The summed E-state index contributed by atoms with van der Waals surface area (Å²) in [5.41, 5.74) is 0.368. The normalized spacial score (nSPS) is 27.9. The highest BCUT2D eigenvalue weighted by atomic mass is 16.5. The largest absolute Gasteiger partial charge is 0.486 e. The van der Waals surface area contributed by atoms with E-state index < -0.39 is 11.7 Å². The number of rotatable bonds is 1. The van der Waals surface area contributed by atoms with Crippen molar-refractivity contribution in [3.05, 3.63) is 29.8 Å². The first-order chi connectivity index (χ1) is 10.4. The smallest absolute Gasteiger partial charge is 0.219 e. The van der Waals surface area contributed by atoms with Gasteiger partial charge in [-0.15, -0.1) is 0 Å². The lowest BCUT2D eigenvalue weighted by Crippen LogP contribution is -2.62. The van der Waals surface area contributed by atoms with E-state index in [4.69, 9.17) is 4.74 Å². The van der Waals surface area contributed by atoms with Crippen LogP contribution in [-0.2, 0) is 4.79 Å². The second-order valence-corrected chi connectivity index (χ2v) is 6.68. The standard InChI is InChI=1S/C17H24N2O3/c1-12(20)18-8-10-19(11-9-18)16-15(21)13-6-4-5-7-14(13)22-17(16,2)3/h4-7,15-16,21H,8-11H2,1-3H3. The Morgan fingerprint density at radius 2 is 1.86 bits per heavy atom. The van der Waals surface area contributed by atoms with Crippen LogP contribution in [0.3, 0.4) is 0 Å². The fourth-order valence-corrected chi connectivity index (χ4v) is 3.67. The fraction of sp³-hybridized carbons (Fsp3) is 0.588. The second kappa shape index (κ2) is 5.56. The second-order valence-electron chi connectivity index (χ2n) is 6.68. The van der Waals surface area contributed by atoms with Crippen molar-refractivity contribution in [1.29, 1.82) is 0 Å². The van der Waals surface area contributed by atoms with E-state index in [0.29, 0.717) is 13.1 Å². The van der Waals surface area contributed by atoms with Gasteiger partial charge in [0.1, 0.15) is 17.5 Å². The van der Waals surface area contributed by atoms with E-state index in [1.54, 1.807) is 6.92 Å². The Bertz CT molecular complexity index is 565.